The van der Waals surface area contributed by atoms with Crippen LogP contribution < -0.4 is 4.90 Å². The Balaban J connectivity index is 0.00000240. The third-order valence-corrected chi connectivity index (χ3v) is 6.06. The lowest BCUT2D eigenvalue weighted by molar-refractivity contribution is 0.174. The molecule has 0 radical (unpaired) electrons. The maximum Gasteiger partial charge on any atom is 0.147 e. The molecule has 0 amide bonds. The van der Waals surface area contributed by atoms with E-state index in [0.717, 1.165) is 42.4 Å². The van der Waals surface area contributed by atoms with Crippen molar-refractivity contribution >= 4 is 40.7 Å². The molecule has 3 aromatic rings. The first-order valence-electron chi connectivity index (χ1n) is 9.98. The predicted octanol–water partition coefficient (Wildman–Crippen LogP) is 5.81. The van der Waals surface area contributed by atoms with E-state index < -0.39 is 0 Å². The normalized spacial score (nSPS) is 14.2. The summed E-state index contributed by atoms with van der Waals surface area (Å²) in [6.45, 7) is 10.3. The quantitative estimate of drug-likeness (QED) is 0.508. The Morgan fingerprint density at radius 2 is 1.86 bits per heavy atom. The molecule has 156 valence electrons. The van der Waals surface area contributed by atoms with E-state index in [-0.39, 0.29) is 12.4 Å². The Labute approximate surface area is 184 Å². The molecule has 0 aliphatic carbocycles. The molecule has 4 rings (SSSR count). The van der Waals surface area contributed by atoms with E-state index >= 15 is 0 Å². The summed E-state index contributed by atoms with van der Waals surface area (Å²) in [5.74, 6) is 0. The molecular weight excluding hydrogens is 405 g/mol. The number of anilines is 1. The molecule has 1 atom stereocenters. The van der Waals surface area contributed by atoms with Gasteiger partial charge in [0.2, 0.25) is 0 Å². The number of ether oxygens (including phenoxy) is 1. The average Bonchev–Trinajstić information content (AvgIpc) is 2.99. The fourth-order valence-electron chi connectivity index (χ4n) is 4.63. The minimum absolute atomic E-state index is 0. The zero-order valence-electron chi connectivity index (χ0n) is 17.8. The molecule has 4 nitrogen and oxygen atoms in total. The number of benzene rings is 1. The highest BCUT2D eigenvalue weighted by molar-refractivity contribution is 6.30. The summed E-state index contributed by atoms with van der Waals surface area (Å²) >= 11 is 6.28. The summed E-state index contributed by atoms with van der Waals surface area (Å²) in [7, 11) is 1.79. The van der Waals surface area contributed by atoms with E-state index in [1.165, 1.54) is 33.5 Å². The van der Waals surface area contributed by atoms with E-state index in [1.807, 2.05) is 12.1 Å². The van der Waals surface area contributed by atoms with Crippen LogP contribution in [0.2, 0.25) is 5.02 Å². The molecular formula is C23H29Cl2N3O. The summed E-state index contributed by atoms with van der Waals surface area (Å²) in [6, 6.07) is 6.67. The van der Waals surface area contributed by atoms with Crippen molar-refractivity contribution in [2.24, 2.45) is 0 Å². The molecule has 0 fully saturated rings. The van der Waals surface area contributed by atoms with Crippen LogP contribution in [0.15, 0.2) is 24.4 Å². The van der Waals surface area contributed by atoms with Gasteiger partial charge >= 0.3 is 0 Å². The largest absolute Gasteiger partial charge is 0.383 e. The van der Waals surface area contributed by atoms with Crippen LogP contribution >= 0.6 is 24.0 Å². The van der Waals surface area contributed by atoms with Gasteiger partial charge < -0.3 is 14.2 Å². The van der Waals surface area contributed by atoms with Crippen LogP contribution in [0.25, 0.3) is 16.7 Å². The first-order valence-corrected chi connectivity index (χ1v) is 10.4. The fraction of sp³-hybridized carbons (Fsp3) is 0.435. The lowest BCUT2D eigenvalue weighted by Crippen LogP contribution is -2.41. The van der Waals surface area contributed by atoms with Gasteiger partial charge in [-0.05, 0) is 68.5 Å². The molecule has 0 spiro atoms. The maximum absolute atomic E-state index is 6.28. The Morgan fingerprint density at radius 3 is 2.48 bits per heavy atom. The van der Waals surface area contributed by atoms with Crippen molar-refractivity contribution < 1.29 is 4.74 Å². The maximum atomic E-state index is 6.28. The summed E-state index contributed by atoms with van der Waals surface area (Å²) in [4.78, 5) is 7.47. The molecule has 0 N–H and O–H groups in total. The van der Waals surface area contributed by atoms with Gasteiger partial charge in [0.25, 0.3) is 0 Å². The van der Waals surface area contributed by atoms with Crippen molar-refractivity contribution in [3.8, 4) is 5.69 Å². The van der Waals surface area contributed by atoms with Gasteiger partial charge in [-0.15, -0.1) is 12.4 Å². The molecule has 0 bridgehead atoms. The van der Waals surface area contributed by atoms with E-state index in [2.05, 4.69) is 49.4 Å². The van der Waals surface area contributed by atoms with Crippen LogP contribution in [0.3, 0.4) is 0 Å². The Kier molecular flexibility index (Phi) is 6.47. The number of halogens is 2. The third kappa shape index (κ3) is 3.74. The summed E-state index contributed by atoms with van der Waals surface area (Å²) in [5, 5.41) is 2.06. The second-order valence-corrected chi connectivity index (χ2v) is 8.29. The van der Waals surface area contributed by atoms with Crippen molar-refractivity contribution in [2.45, 2.75) is 46.6 Å². The highest BCUT2D eigenvalue weighted by Gasteiger charge is 2.28. The molecule has 29 heavy (non-hydrogen) atoms. The van der Waals surface area contributed by atoms with Crippen molar-refractivity contribution in [1.82, 2.24) is 9.55 Å². The van der Waals surface area contributed by atoms with Crippen molar-refractivity contribution in [2.75, 3.05) is 25.2 Å². The molecule has 1 aromatic carbocycles. The van der Waals surface area contributed by atoms with Crippen LogP contribution in [-0.4, -0.2) is 35.9 Å². The predicted molar refractivity (Wildman–Crippen MR) is 125 cm³/mol. The topological polar surface area (TPSA) is 30.3 Å². The molecule has 3 heterocycles. The zero-order valence-corrected chi connectivity index (χ0v) is 19.3. The molecule has 1 aliphatic heterocycles. The number of pyridine rings is 1. The number of hydrogen-bond acceptors (Lipinski definition) is 3. The second-order valence-electron chi connectivity index (χ2n) is 7.85. The summed E-state index contributed by atoms with van der Waals surface area (Å²) < 4.78 is 7.77. The van der Waals surface area contributed by atoms with Crippen LogP contribution in [0.4, 0.5) is 5.69 Å². The Hall–Kier alpha value is -1.75. The van der Waals surface area contributed by atoms with Crippen LogP contribution in [0.1, 0.15) is 35.7 Å². The number of rotatable bonds is 5. The van der Waals surface area contributed by atoms with Gasteiger partial charge in [-0.3, -0.25) is 0 Å². The molecule has 1 aliphatic rings. The van der Waals surface area contributed by atoms with E-state index in [1.54, 1.807) is 7.11 Å². The number of aromatic nitrogens is 2. The third-order valence-electron chi connectivity index (χ3n) is 5.84. The van der Waals surface area contributed by atoms with Gasteiger partial charge in [0.05, 0.1) is 24.0 Å². The van der Waals surface area contributed by atoms with Gasteiger partial charge in [-0.1, -0.05) is 18.5 Å². The molecule has 0 saturated carbocycles. The molecule has 0 saturated heterocycles. The monoisotopic (exact) mass is 433 g/mol. The average molecular weight is 434 g/mol. The van der Waals surface area contributed by atoms with E-state index in [0.29, 0.717) is 6.04 Å². The van der Waals surface area contributed by atoms with Crippen LogP contribution in [-0.2, 0) is 11.2 Å². The Morgan fingerprint density at radius 1 is 1.17 bits per heavy atom. The summed E-state index contributed by atoms with van der Waals surface area (Å²) in [5.41, 5.74) is 8.25. The lowest BCUT2D eigenvalue weighted by atomic mass is 10.0. The number of methoxy groups -OCH3 is 1. The summed E-state index contributed by atoms with van der Waals surface area (Å²) in [6.07, 6.45) is 4.35. The molecule has 2 aromatic heterocycles. The van der Waals surface area contributed by atoms with Crippen molar-refractivity contribution in [1.29, 1.82) is 0 Å². The fourth-order valence-corrected chi connectivity index (χ4v) is 4.96. The van der Waals surface area contributed by atoms with Gasteiger partial charge in [-0.2, -0.15) is 0 Å². The first-order chi connectivity index (χ1) is 13.4. The Bertz CT molecular complexity index is 1020. The van der Waals surface area contributed by atoms with Crippen LogP contribution in [0.5, 0.6) is 0 Å². The van der Waals surface area contributed by atoms with Gasteiger partial charge in [0, 0.05) is 36.0 Å². The van der Waals surface area contributed by atoms with Crippen LogP contribution in [0, 0.1) is 20.8 Å². The standard InChI is InChI=1S/C23H28ClN3O.ClH/c1-6-19(13-28-5)26-8-7-17-12-27(22-14(2)9-18(24)10-15(22)3)23-21(17)20(26)11-16(4)25-23;/h9-12,19H,6-8,13H2,1-5H3;1H. The van der Waals surface area contributed by atoms with Gasteiger partial charge in [-0.25, -0.2) is 4.98 Å². The first kappa shape index (κ1) is 21.9. The highest BCUT2D eigenvalue weighted by atomic mass is 35.5. The minimum atomic E-state index is 0. The minimum Gasteiger partial charge on any atom is -0.383 e. The van der Waals surface area contributed by atoms with E-state index in [9.17, 15) is 0 Å². The smallest absolute Gasteiger partial charge is 0.147 e. The SMILES string of the molecule is CCC(COC)N1CCc2cn(-c3c(C)cc(Cl)cc3C)c3nc(C)cc1c23.Cl. The number of nitrogens with zero attached hydrogens (tertiary/aromatic N) is 3. The zero-order chi connectivity index (χ0) is 20.0. The highest BCUT2D eigenvalue weighted by Crippen LogP contribution is 2.39. The molecule has 6 heteroatoms. The van der Waals surface area contributed by atoms with Crippen molar-refractivity contribution in [3.05, 3.63) is 51.8 Å². The van der Waals surface area contributed by atoms with Gasteiger partial charge in [0.15, 0.2) is 0 Å². The second kappa shape index (κ2) is 8.55. The van der Waals surface area contributed by atoms with E-state index in [4.69, 9.17) is 21.3 Å². The van der Waals surface area contributed by atoms with Crippen molar-refractivity contribution in [3.63, 3.8) is 0 Å². The lowest BCUT2D eigenvalue weighted by Gasteiger charge is -2.36. The van der Waals surface area contributed by atoms with Gasteiger partial charge in [0.1, 0.15) is 5.65 Å². The molecule has 1 unspecified atom stereocenters. The number of hydrogen-bond donors (Lipinski definition) is 0. The number of aryl methyl sites for hydroxylation is 3.